The first-order valence-electron chi connectivity index (χ1n) is 8.47. The van der Waals surface area contributed by atoms with Crippen molar-refractivity contribution in [1.29, 1.82) is 0 Å². The Kier molecular flexibility index (Phi) is 5.38. The van der Waals surface area contributed by atoms with Crippen molar-refractivity contribution in [2.24, 2.45) is 0 Å². The van der Waals surface area contributed by atoms with Crippen LogP contribution in [-0.2, 0) is 27.8 Å². The van der Waals surface area contributed by atoms with Crippen molar-refractivity contribution in [3.05, 3.63) is 47.5 Å². The Morgan fingerprint density at radius 1 is 1.15 bits per heavy atom. The summed E-state index contributed by atoms with van der Waals surface area (Å²) in [4.78, 5) is 13.5. The number of hydrogen-bond donors (Lipinski definition) is 1. The van der Waals surface area contributed by atoms with Gasteiger partial charge in [0.25, 0.3) is 0 Å². The van der Waals surface area contributed by atoms with E-state index >= 15 is 0 Å². The van der Waals surface area contributed by atoms with Crippen LogP contribution in [0.25, 0.3) is 0 Å². The number of carbonyl (C=O) groups excluding carboxylic acids is 1. The van der Waals surface area contributed by atoms with Crippen LogP contribution in [0.15, 0.2) is 41.3 Å². The Hall–Kier alpha value is -2.58. The van der Waals surface area contributed by atoms with Crippen LogP contribution in [0.4, 0.5) is 5.69 Å². The van der Waals surface area contributed by atoms with Crippen LogP contribution in [-0.4, -0.2) is 35.1 Å². The molecule has 1 amide bonds. The summed E-state index contributed by atoms with van der Waals surface area (Å²) < 4.78 is 38.5. The molecule has 0 bridgehead atoms. The molecule has 0 unspecified atom stereocenters. The standard InChI is InChI=1S/C19H22N2O5S/c1-13(22)21-9-8-14-11-17(5-6-18(14)21)27(23,24)20-12-15-10-16(25-2)4-7-19(15)26-3/h4-7,10-11,20H,8-9,12H2,1-3H3. The number of hydrogen-bond acceptors (Lipinski definition) is 5. The zero-order chi connectivity index (χ0) is 19.6. The van der Waals surface area contributed by atoms with Crippen LogP contribution >= 0.6 is 0 Å². The first-order valence-corrected chi connectivity index (χ1v) is 9.95. The highest BCUT2D eigenvalue weighted by Gasteiger charge is 2.24. The molecule has 0 spiro atoms. The Morgan fingerprint density at radius 3 is 2.59 bits per heavy atom. The fourth-order valence-corrected chi connectivity index (χ4v) is 4.21. The number of fused-ring (bicyclic) bond motifs is 1. The van der Waals surface area contributed by atoms with Gasteiger partial charge in [-0.05, 0) is 48.4 Å². The molecule has 1 aliphatic heterocycles. The molecule has 1 aliphatic rings. The van der Waals surface area contributed by atoms with Crippen molar-refractivity contribution >= 4 is 21.6 Å². The number of nitrogens with one attached hydrogen (secondary N) is 1. The minimum absolute atomic E-state index is 0.0485. The van der Waals surface area contributed by atoms with E-state index in [1.165, 1.54) is 20.1 Å². The molecule has 2 aromatic rings. The third-order valence-electron chi connectivity index (χ3n) is 4.58. The zero-order valence-corrected chi connectivity index (χ0v) is 16.3. The summed E-state index contributed by atoms with van der Waals surface area (Å²) in [6.45, 7) is 2.14. The molecule has 2 aromatic carbocycles. The summed E-state index contributed by atoms with van der Waals surface area (Å²) >= 11 is 0. The molecule has 27 heavy (non-hydrogen) atoms. The van der Waals surface area contributed by atoms with Crippen molar-refractivity contribution < 1.29 is 22.7 Å². The maximum absolute atomic E-state index is 12.7. The number of sulfonamides is 1. The Labute approximate surface area is 158 Å². The number of methoxy groups -OCH3 is 2. The van der Waals surface area contributed by atoms with Crippen LogP contribution in [0.1, 0.15) is 18.1 Å². The number of nitrogens with zero attached hydrogens (tertiary/aromatic N) is 1. The first kappa shape index (κ1) is 19.2. The third-order valence-corrected chi connectivity index (χ3v) is 5.98. The molecule has 0 saturated heterocycles. The number of benzene rings is 2. The van der Waals surface area contributed by atoms with Crippen LogP contribution < -0.4 is 19.1 Å². The second-order valence-corrected chi connectivity index (χ2v) is 7.98. The lowest BCUT2D eigenvalue weighted by molar-refractivity contribution is -0.116. The zero-order valence-electron chi connectivity index (χ0n) is 15.5. The molecular formula is C19H22N2O5S. The smallest absolute Gasteiger partial charge is 0.240 e. The average Bonchev–Trinajstić information content (AvgIpc) is 3.09. The van der Waals surface area contributed by atoms with E-state index in [0.717, 1.165) is 11.3 Å². The predicted octanol–water partition coefficient (Wildman–Crippen LogP) is 2.09. The average molecular weight is 390 g/mol. The Balaban J connectivity index is 1.81. The van der Waals surface area contributed by atoms with E-state index in [2.05, 4.69) is 4.72 Å². The molecule has 0 radical (unpaired) electrons. The summed E-state index contributed by atoms with van der Waals surface area (Å²) in [6, 6.07) is 10.0. The van der Waals surface area contributed by atoms with Gasteiger partial charge in [-0.25, -0.2) is 13.1 Å². The monoisotopic (exact) mass is 390 g/mol. The van der Waals surface area contributed by atoms with E-state index in [9.17, 15) is 13.2 Å². The highest BCUT2D eigenvalue weighted by atomic mass is 32.2. The number of carbonyl (C=O) groups is 1. The molecule has 0 saturated carbocycles. The number of ether oxygens (including phenoxy) is 2. The quantitative estimate of drug-likeness (QED) is 0.816. The normalized spacial score (nSPS) is 13.4. The fourth-order valence-electron chi connectivity index (χ4n) is 3.15. The molecule has 0 aromatic heterocycles. The fraction of sp³-hybridized carbons (Fsp3) is 0.316. The van der Waals surface area contributed by atoms with E-state index < -0.39 is 10.0 Å². The SMILES string of the molecule is COc1ccc(OC)c(CNS(=O)(=O)c2ccc3c(c2)CCN3C(C)=O)c1. The van der Waals surface area contributed by atoms with E-state index in [1.54, 1.807) is 42.3 Å². The lowest BCUT2D eigenvalue weighted by atomic mass is 10.2. The predicted molar refractivity (Wildman–Crippen MR) is 102 cm³/mol. The minimum Gasteiger partial charge on any atom is -0.497 e. The maximum Gasteiger partial charge on any atom is 0.240 e. The summed E-state index contributed by atoms with van der Waals surface area (Å²) in [5.41, 5.74) is 2.30. The minimum atomic E-state index is -3.71. The number of rotatable bonds is 6. The van der Waals surface area contributed by atoms with Crippen LogP contribution in [0.5, 0.6) is 11.5 Å². The van der Waals surface area contributed by atoms with E-state index in [4.69, 9.17) is 9.47 Å². The largest absolute Gasteiger partial charge is 0.497 e. The molecular weight excluding hydrogens is 368 g/mol. The van der Waals surface area contributed by atoms with Crippen molar-refractivity contribution in [2.75, 3.05) is 25.7 Å². The topological polar surface area (TPSA) is 84.9 Å². The summed E-state index contributed by atoms with van der Waals surface area (Å²) in [5, 5.41) is 0. The molecule has 144 valence electrons. The van der Waals surface area contributed by atoms with Crippen LogP contribution in [0.2, 0.25) is 0 Å². The lowest BCUT2D eigenvalue weighted by Gasteiger charge is -2.15. The van der Waals surface area contributed by atoms with Gasteiger partial charge in [0.1, 0.15) is 11.5 Å². The van der Waals surface area contributed by atoms with Gasteiger partial charge >= 0.3 is 0 Å². The van der Waals surface area contributed by atoms with Gasteiger partial charge in [-0.2, -0.15) is 0 Å². The lowest BCUT2D eigenvalue weighted by Crippen LogP contribution is -2.26. The van der Waals surface area contributed by atoms with Crippen molar-refractivity contribution in [2.45, 2.75) is 24.8 Å². The van der Waals surface area contributed by atoms with Crippen molar-refractivity contribution in [3.63, 3.8) is 0 Å². The van der Waals surface area contributed by atoms with Crippen molar-refractivity contribution in [1.82, 2.24) is 4.72 Å². The van der Waals surface area contributed by atoms with Gasteiger partial charge in [-0.1, -0.05) is 0 Å². The number of anilines is 1. The molecule has 0 fully saturated rings. The first-order chi connectivity index (χ1) is 12.9. The van der Waals surface area contributed by atoms with Gasteiger partial charge in [0.05, 0.1) is 19.1 Å². The summed E-state index contributed by atoms with van der Waals surface area (Å²) in [7, 11) is -0.637. The molecule has 0 atom stereocenters. The van der Waals surface area contributed by atoms with E-state index in [-0.39, 0.29) is 17.3 Å². The second kappa shape index (κ2) is 7.58. The molecule has 1 N–H and O–H groups in total. The number of amides is 1. The molecule has 0 aliphatic carbocycles. The summed E-state index contributed by atoms with van der Waals surface area (Å²) in [5.74, 6) is 1.14. The molecule has 7 nitrogen and oxygen atoms in total. The van der Waals surface area contributed by atoms with E-state index in [1.807, 2.05) is 0 Å². The van der Waals surface area contributed by atoms with Crippen LogP contribution in [0.3, 0.4) is 0 Å². The van der Waals surface area contributed by atoms with Crippen LogP contribution in [0, 0.1) is 0 Å². The van der Waals surface area contributed by atoms with Gasteiger partial charge in [0, 0.05) is 31.3 Å². The van der Waals surface area contributed by atoms with Gasteiger partial charge in [0.15, 0.2) is 0 Å². The Bertz CT molecular complexity index is 972. The summed E-state index contributed by atoms with van der Waals surface area (Å²) in [6.07, 6.45) is 0.641. The van der Waals surface area contributed by atoms with Gasteiger partial charge in [0.2, 0.25) is 15.9 Å². The maximum atomic E-state index is 12.7. The second-order valence-electron chi connectivity index (χ2n) is 6.21. The van der Waals surface area contributed by atoms with Crippen molar-refractivity contribution in [3.8, 4) is 11.5 Å². The van der Waals surface area contributed by atoms with Gasteiger partial charge in [-0.3, -0.25) is 4.79 Å². The molecule has 1 heterocycles. The molecule has 8 heteroatoms. The third kappa shape index (κ3) is 3.91. The van der Waals surface area contributed by atoms with Gasteiger partial charge < -0.3 is 14.4 Å². The van der Waals surface area contributed by atoms with E-state index in [0.29, 0.717) is 30.0 Å². The Morgan fingerprint density at radius 2 is 1.93 bits per heavy atom. The highest BCUT2D eigenvalue weighted by Crippen LogP contribution is 2.30. The highest BCUT2D eigenvalue weighted by molar-refractivity contribution is 7.89. The molecule has 3 rings (SSSR count). The van der Waals surface area contributed by atoms with Gasteiger partial charge in [-0.15, -0.1) is 0 Å².